The van der Waals surface area contributed by atoms with Gasteiger partial charge in [0.05, 0.1) is 0 Å². The summed E-state index contributed by atoms with van der Waals surface area (Å²) in [7, 11) is -2.64. The molecule has 0 aliphatic rings. The molecule has 0 heterocycles. The van der Waals surface area contributed by atoms with Crippen LogP contribution in [0.1, 0.15) is 125 Å². The molecule has 2 N–H and O–H groups in total. The normalized spacial score (nSPS) is 12.6. The Labute approximate surface area is 203 Å². The Morgan fingerprint density at radius 2 is 0.844 bits per heavy atom. The van der Waals surface area contributed by atoms with Gasteiger partial charge in [0.1, 0.15) is 0 Å². The van der Waals surface area contributed by atoms with Crippen LogP contribution in [0.2, 0.25) is 6.04 Å². The minimum absolute atomic E-state index is 0.669. The minimum atomic E-state index is -2.64. The molecule has 5 heteroatoms. The topological polar surface area (TPSA) is 53.7 Å². The van der Waals surface area contributed by atoms with Crippen LogP contribution in [0.15, 0.2) is 0 Å². The first-order valence-corrected chi connectivity index (χ1v) is 15.9. The monoisotopic (exact) mass is 473 g/mol. The van der Waals surface area contributed by atoms with Crippen LogP contribution in [0.4, 0.5) is 0 Å². The number of rotatable bonds is 24. The Morgan fingerprint density at radius 3 is 1.12 bits per heavy atom. The Kier molecular flexibility index (Phi) is 21.6. The number of nitrogens with two attached hydrogens (primary N) is 1. The highest BCUT2D eigenvalue weighted by Crippen LogP contribution is 2.21. The lowest BCUT2D eigenvalue weighted by Gasteiger charge is -2.30. The van der Waals surface area contributed by atoms with Crippen molar-refractivity contribution in [3.63, 3.8) is 0 Å². The van der Waals surface area contributed by atoms with Crippen molar-refractivity contribution in [2.45, 2.75) is 131 Å². The summed E-state index contributed by atoms with van der Waals surface area (Å²) in [4.78, 5) is 0. The van der Waals surface area contributed by atoms with Crippen LogP contribution in [0.3, 0.4) is 0 Å². The molecule has 0 radical (unpaired) electrons. The van der Waals surface area contributed by atoms with E-state index in [1.165, 1.54) is 57.8 Å². The van der Waals surface area contributed by atoms with Crippen LogP contribution in [0.5, 0.6) is 0 Å². The second-order valence-corrected chi connectivity index (χ2v) is 13.6. The molecule has 0 saturated heterocycles. The molecule has 0 atom stereocenters. The Morgan fingerprint density at radius 1 is 0.500 bits per heavy atom. The molecule has 4 nitrogen and oxygen atoms in total. The molecule has 0 saturated carbocycles. The van der Waals surface area contributed by atoms with Crippen molar-refractivity contribution in [2.75, 3.05) is 26.4 Å². The summed E-state index contributed by atoms with van der Waals surface area (Å²) in [5, 5.41) is 0. The average Bonchev–Trinajstić information content (AvgIpc) is 2.73. The maximum absolute atomic E-state index is 6.47. The summed E-state index contributed by atoms with van der Waals surface area (Å²) < 4.78 is 19.4. The van der Waals surface area contributed by atoms with Gasteiger partial charge in [-0.05, 0) is 50.0 Å². The summed E-state index contributed by atoms with van der Waals surface area (Å²) in [5.74, 6) is 2.35. The molecule has 0 aromatic heterocycles. The second kappa shape index (κ2) is 21.6. The molecule has 0 aromatic rings. The van der Waals surface area contributed by atoms with Gasteiger partial charge in [-0.2, -0.15) is 0 Å². The van der Waals surface area contributed by atoms with Crippen LogP contribution in [-0.4, -0.2) is 35.2 Å². The molecule has 194 valence electrons. The van der Waals surface area contributed by atoms with Gasteiger partial charge in [0, 0.05) is 25.9 Å². The summed E-state index contributed by atoms with van der Waals surface area (Å²) >= 11 is 0. The van der Waals surface area contributed by atoms with Gasteiger partial charge >= 0.3 is 8.80 Å². The van der Waals surface area contributed by atoms with Gasteiger partial charge < -0.3 is 19.0 Å². The van der Waals surface area contributed by atoms with Gasteiger partial charge in [-0.1, -0.05) is 99.3 Å². The molecule has 0 amide bonds. The van der Waals surface area contributed by atoms with E-state index in [0.29, 0.717) is 6.54 Å². The zero-order valence-electron chi connectivity index (χ0n) is 22.8. The number of hydrogen-bond donors (Lipinski definition) is 1. The Bertz CT molecular complexity index is 341. The molecular formula is C27H59NO3Si. The zero-order chi connectivity index (χ0) is 24.1. The average molecular weight is 474 g/mol. The van der Waals surface area contributed by atoms with Crippen molar-refractivity contribution in [1.82, 2.24) is 0 Å². The van der Waals surface area contributed by atoms with Crippen LogP contribution in [0.25, 0.3) is 0 Å². The van der Waals surface area contributed by atoms with Crippen molar-refractivity contribution in [1.29, 1.82) is 0 Å². The fourth-order valence-electron chi connectivity index (χ4n) is 3.84. The summed E-state index contributed by atoms with van der Waals surface area (Å²) in [6, 6.07) is 0.855. The lowest BCUT2D eigenvalue weighted by molar-refractivity contribution is 0.0547. The van der Waals surface area contributed by atoms with E-state index >= 15 is 0 Å². The molecule has 0 fully saturated rings. The van der Waals surface area contributed by atoms with Gasteiger partial charge in [-0.3, -0.25) is 0 Å². The first-order chi connectivity index (χ1) is 15.3. The largest absolute Gasteiger partial charge is 0.501 e. The Hall–Kier alpha value is 0.0569. The van der Waals surface area contributed by atoms with Crippen molar-refractivity contribution >= 4 is 8.80 Å². The van der Waals surface area contributed by atoms with E-state index in [4.69, 9.17) is 19.0 Å². The highest BCUT2D eigenvalue weighted by molar-refractivity contribution is 6.60. The SMILES string of the molecule is CC(C)CCCCCO[Si](CCCN)(OCCCCCC(C)C)OCCCCCC(C)C. The highest BCUT2D eigenvalue weighted by Gasteiger charge is 2.40. The van der Waals surface area contributed by atoms with E-state index in [1.54, 1.807) is 0 Å². The van der Waals surface area contributed by atoms with E-state index in [0.717, 1.165) is 69.3 Å². The molecule has 0 rings (SSSR count). The standard InChI is InChI=1S/C27H59NO3Si/c1-25(2)17-10-7-13-21-29-32(24-16-20-28,30-22-14-8-11-18-26(3)4)31-23-15-9-12-19-27(5)6/h25-27H,7-24,28H2,1-6H3. The van der Waals surface area contributed by atoms with Crippen molar-refractivity contribution < 1.29 is 13.3 Å². The third-order valence-electron chi connectivity index (χ3n) is 5.93. The lowest BCUT2D eigenvalue weighted by Crippen LogP contribution is -2.47. The highest BCUT2D eigenvalue weighted by atomic mass is 28.4. The van der Waals surface area contributed by atoms with Crippen molar-refractivity contribution in [3.05, 3.63) is 0 Å². The summed E-state index contributed by atoms with van der Waals surface area (Å²) in [5.41, 5.74) is 5.86. The Balaban J connectivity index is 4.61. The molecule has 0 aromatic carbocycles. The summed E-state index contributed by atoms with van der Waals surface area (Å²) in [6.45, 7) is 16.7. The smallest absolute Gasteiger partial charge is 0.373 e. The molecule has 0 bridgehead atoms. The van der Waals surface area contributed by atoms with E-state index in [-0.39, 0.29) is 0 Å². The van der Waals surface area contributed by atoms with Crippen molar-refractivity contribution in [2.24, 2.45) is 23.5 Å². The van der Waals surface area contributed by atoms with Gasteiger partial charge in [0.2, 0.25) is 0 Å². The number of unbranched alkanes of at least 4 members (excludes halogenated alkanes) is 6. The second-order valence-electron chi connectivity index (χ2n) is 10.9. The quantitative estimate of drug-likeness (QED) is 0.114. The first kappa shape index (κ1) is 32.1. The third kappa shape index (κ3) is 20.6. The lowest BCUT2D eigenvalue weighted by atomic mass is 10.1. The minimum Gasteiger partial charge on any atom is -0.373 e. The first-order valence-electron chi connectivity index (χ1n) is 13.9. The predicted molar refractivity (Wildman–Crippen MR) is 142 cm³/mol. The number of hydrogen-bond acceptors (Lipinski definition) is 4. The van der Waals surface area contributed by atoms with Gasteiger partial charge in [-0.25, -0.2) is 0 Å². The molecule has 32 heavy (non-hydrogen) atoms. The molecule has 0 unspecified atom stereocenters. The third-order valence-corrected chi connectivity index (χ3v) is 8.83. The molecule has 0 spiro atoms. The van der Waals surface area contributed by atoms with E-state index in [2.05, 4.69) is 41.5 Å². The predicted octanol–water partition coefficient (Wildman–Crippen LogP) is 7.97. The van der Waals surface area contributed by atoms with Crippen molar-refractivity contribution in [3.8, 4) is 0 Å². The molecular weight excluding hydrogens is 414 g/mol. The zero-order valence-corrected chi connectivity index (χ0v) is 23.8. The van der Waals surface area contributed by atoms with E-state index in [1.807, 2.05) is 0 Å². The van der Waals surface area contributed by atoms with E-state index in [9.17, 15) is 0 Å². The maximum atomic E-state index is 6.47. The van der Waals surface area contributed by atoms with Crippen LogP contribution in [0, 0.1) is 17.8 Å². The van der Waals surface area contributed by atoms with E-state index < -0.39 is 8.80 Å². The van der Waals surface area contributed by atoms with Crippen LogP contribution < -0.4 is 5.73 Å². The fraction of sp³-hybridized carbons (Fsp3) is 1.00. The molecule has 0 aliphatic carbocycles. The maximum Gasteiger partial charge on any atom is 0.501 e. The van der Waals surface area contributed by atoms with Crippen LogP contribution >= 0.6 is 0 Å². The van der Waals surface area contributed by atoms with Gasteiger partial charge in [-0.15, -0.1) is 0 Å². The van der Waals surface area contributed by atoms with Gasteiger partial charge in [0.25, 0.3) is 0 Å². The summed E-state index contributed by atoms with van der Waals surface area (Å²) in [6.07, 6.45) is 15.6. The molecule has 0 aliphatic heterocycles. The fourth-order valence-corrected chi connectivity index (χ4v) is 6.52. The van der Waals surface area contributed by atoms with Gasteiger partial charge in [0.15, 0.2) is 0 Å². The van der Waals surface area contributed by atoms with Crippen LogP contribution in [-0.2, 0) is 13.3 Å².